The molecule has 3 saturated heterocycles. The van der Waals surface area contributed by atoms with Crippen LogP contribution >= 0.6 is 0 Å². The molecule has 3 atom stereocenters. The number of fused-ring (bicyclic) bond motifs is 3. The van der Waals surface area contributed by atoms with Crippen molar-refractivity contribution in [2.75, 3.05) is 42.6 Å². The Morgan fingerprint density at radius 3 is 2.86 bits per heavy atom. The standard InChI is InChI=1S/C33H36F2N6O3/c1-2-24-25(35)8-7-21-12-23(42)13-27(28(21)24)41-18-26-29(31(41)43)30(39-10-4-3-6-20(15-36)16-39)38-32(37-26)44-19-33-9-5-11-40(33)17-22(34)14-33/h7-8,12-13,20,22,42H,2-6,9-11,14,16-19H2,1H3/t20?,22-,33+/m1/s1. The molecule has 230 valence electrons. The van der Waals surface area contributed by atoms with Crippen molar-refractivity contribution in [2.45, 2.75) is 70.1 Å². The third-order valence-electron chi connectivity index (χ3n) is 9.87. The lowest BCUT2D eigenvalue weighted by Crippen LogP contribution is -2.43. The van der Waals surface area contributed by atoms with Gasteiger partial charge >= 0.3 is 6.01 Å². The summed E-state index contributed by atoms with van der Waals surface area (Å²) in [6, 6.07) is 8.56. The molecular weight excluding hydrogens is 566 g/mol. The molecule has 0 aliphatic carbocycles. The first-order valence-corrected chi connectivity index (χ1v) is 15.6. The van der Waals surface area contributed by atoms with Crippen molar-refractivity contribution >= 4 is 28.2 Å². The largest absolute Gasteiger partial charge is 0.508 e. The highest BCUT2D eigenvalue weighted by Gasteiger charge is 2.49. The molecule has 3 fully saturated rings. The van der Waals surface area contributed by atoms with Crippen LogP contribution in [-0.4, -0.2) is 70.4 Å². The Labute approximate surface area is 255 Å². The lowest BCUT2D eigenvalue weighted by atomic mass is 9.95. The van der Waals surface area contributed by atoms with Gasteiger partial charge in [0.2, 0.25) is 0 Å². The number of hydrogen-bond donors (Lipinski definition) is 1. The van der Waals surface area contributed by atoms with Gasteiger partial charge in [0.25, 0.3) is 5.91 Å². The van der Waals surface area contributed by atoms with Gasteiger partial charge in [-0.3, -0.25) is 9.69 Å². The predicted molar refractivity (Wildman–Crippen MR) is 161 cm³/mol. The van der Waals surface area contributed by atoms with Crippen molar-refractivity contribution < 1.29 is 23.4 Å². The number of benzene rings is 2. The second-order valence-electron chi connectivity index (χ2n) is 12.6. The number of aryl methyl sites for hydroxylation is 1. The molecular formula is C33H36F2N6O3. The number of carbonyl (C=O) groups excluding carboxylic acids is 1. The van der Waals surface area contributed by atoms with Crippen LogP contribution in [0, 0.1) is 23.1 Å². The number of phenols is 1. The Balaban J connectivity index is 1.30. The van der Waals surface area contributed by atoms with Crippen LogP contribution in [-0.2, 0) is 13.0 Å². The molecule has 2 aromatic carbocycles. The number of rotatable bonds is 6. The molecule has 9 nitrogen and oxygen atoms in total. The number of carbonyl (C=O) groups is 1. The van der Waals surface area contributed by atoms with E-state index in [1.54, 1.807) is 12.1 Å². The Morgan fingerprint density at radius 1 is 1.18 bits per heavy atom. The monoisotopic (exact) mass is 602 g/mol. The average Bonchev–Trinajstić information content (AvgIpc) is 3.57. The molecule has 7 rings (SSSR count). The fraction of sp³-hybridized carbons (Fsp3) is 0.515. The summed E-state index contributed by atoms with van der Waals surface area (Å²) in [4.78, 5) is 29.5. The van der Waals surface area contributed by atoms with Crippen LogP contribution in [0.15, 0.2) is 24.3 Å². The summed E-state index contributed by atoms with van der Waals surface area (Å²) in [6.45, 7) is 4.48. The summed E-state index contributed by atoms with van der Waals surface area (Å²) in [6.07, 6.45) is 4.26. The van der Waals surface area contributed by atoms with Gasteiger partial charge in [0.1, 0.15) is 35.7 Å². The van der Waals surface area contributed by atoms with E-state index in [-0.39, 0.29) is 48.1 Å². The minimum Gasteiger partial charge on any atom is -0.508 e. The van der Waals surface area contributed by atoms with E-state index < -0.39 is 6.17 Å². The molecule has 3 aromatic rings. The molecule has 1 aromatic heterocycles. The van der Waals surface area contributed by atoms with E-state index >= 15 is 0 Å². The maximum atomic E-state index is 15.0. The molecule has 0 saturated carbocycles. The van der Waals surface area contributed by atoms with Crippen LogP contribution in [0.2, 0.25) is 0 Å². The van der Waals surface area contributed by atoms with Gasteiger partial charge < -0.3 is 19.6 Å². The fourth-order valence-corrected chi connectivity index (χ4v) is 7.77. The molecule has 4 aliphatic rings. The number of hydrogen-bond acceptors (Lipinski definition) is 8. The Hall–Kier alpha value is -4.04. The maximum absolute atomic E-state index is 15.0. The number of aromatic hydroxyl groups is 1. The van der Waals surface area contributed by atoms with Crippen LogP contribution in [0.3, 0.4) is 0 Å². The first-order valence-electron chi connectivity index (χ1n) is 15.6. The molecule has 0 bridgehead atoms. The SMILES string of the molecule is CCc1c(F)ccc2cc(O)cc(N3Cc4nc(OC[C@@]56CCCN5C[C@H](F)C6)nc(N5CCCCC(C#N)C5)c4C3=O)c12. The van der Waals surface area contributed by atoms with Crippen LogP contribution in [0.5, 0.6) is 11.8 Å². The van der Waals surface area contributed by atoms with Crippen molar-refractivity contribution in [1.82, 2.24) is 14.9 Å². The summed E-state index contributed by atoms with van der Waals surface area (Å²) in [5.41, 5.74) is 1.27. The zero-order valence-corrected chi connectivity index (χ0v) is 24.9. The highest BCUT2D eigenvalue weighted by molar-refractivity contribution is 6.16. The van der Waals surface area contributed by atoms with Gasteiger partial charge in [0.05, 0.1) is 35.5 Å². The van der Waals surface area contributed by atoms with Gasteiger partial charge in [0, 0.05) is 37.5 Å². The normalized spacial score (nSPS) is 25.3. The predicted octanol–water partition coefficient (Wildman–Crippen LogP) is 5.28. The van der Waals surface area contributed by atoms with Crippen molar-refractivity contribution in [3.63, 3.8) is 0 Å². The van der Waals surface area contributed by atoms with Crippen molar-refractivity contribution in [3.8, 4) is 17.8 Å². The summed E-state index contributed by atoms with van der Waals surface area (Å²) in [7, 11) is 0. The number of nitrogens with zero attached hydrogens (tertiary/aromatic N) is 6. The molecule has 0 spiro atoms. The van der Waals surface area contributed by atoms with Gasteiger partial charge in [-0.25, -0.2) is 8.78 Å². The van der Waals surface area contributed by atoms with Crippen molar-refractivity contribution in [2.24, 2.45) is 5.92 Å². The minimum absolute atomic E-state index is 0.0345. The van der Waals surface area contributed by atoms with Gasteiger partial charge in [-0.1, -0.05) is 19.4 Å². The number of aromatic nitrogens is 2. The molecule has 4 aliphatic heterocycles. The third-order valence-corrected chi connectivity index (χ3v) is 9.87. The Kier molecular flexibility index (Phi) is 7.28. The van der Waals surface area contributed by atoms with Crippen molar-refractivity contribution in [1.29, 1.82) is 5.26 Å². The number of amides is 1. The van der Waals surface area contributed by atoms with Crippen LogP contribution in [0.25, 0.3) is 10.8 Å². The lowest BCUT2D eigenvalue weighted by molar-refractivity contribution is 0.0996. The minimum atomic E-state index is -0.892. The number of alkyl halides is 1. The fourth-order valence-electron chi connectivity index (χ4n) is 7.77. The summed E-state index contributed by atoms with van der Waals surface area (Å²) >= 11 is 0. The summed E-state index contributed by atoms with van der Waals surface area (Å²) in [5.74, 6) is -0.554. The smallest absolute Gasteiger partial charge is 0.318 e. The Bertz CT molecular complexity index is 1680. The van der Waals surface area contributed by atoms with Gasteiger partial charge in [-0.05, 0) is 61.7 Å². The second kappa shape index (κ2) is 11.1. The molecule has 0 radical (unpaired) electrons. The van der Waals surface area contributed by atoms with E-state index in [0.29, 0.717) is 71.6 Å². The van der Waals surface area contributed by atoms with Crippen LogP contribution in [0.1, 0.15) is 67.1 Å². The number of halogens is 2. The topological polar surface area (TPSA) is 106 Å². The zero-order valence-electron chi connectivity index (χ0n) is 24.9. The molecule has 1 unspecified atom stereocenters. The lowest BCUT2D eigenvalue weighted by Gasteiger charge is -2.31. The second-order valence-corrected chi connectivity index (χ2v) is 12.6. The van der Waals surface area contributed by atoms with Crippen LogP contribution in [0.4, 0.5) is 20.3 Å². The quantitative estimate of drug-likeness (QED) is 0.406. The van der Waals surface area contributed by atoms with Crippen LogP contribution < -0.4 is 14.5 Å². The number of phenolic OH excluding ortho intramolecular Hbond substituents is 1. The summed E-state index contributed by atoms with van der Waals surface area (Å²) in [5, 5.41) is 21.6. The number of anilines is 2. The van der Waals surface area contributed by atoms with E-state index in [4.69, 9.17) is 14.7 Å². The Morgan fingerprint density at radius 2 is 2.05 bits per heavy atom. The van der Waals surface area contributed by atoms with Gasteiger partial charge in [-0.2, -0.15) is 15.2 Å². The molecule has 1 N–H and O–H groups in total. The van der Waals surface area contributed by atoms with E-state index in [1.165, 1.54) is 17.0 Å². The average molecular weight is 603 g/mol. The zero-order chi connectivity index (χ0) is 30.6. The summed E-state index contributed by atoms with van der Waals surface area (Å²) < 4.78 is 35.7. The van der Waals surface area contributed by atoms with Gasteiger partial charge in [-0.15, -0.1) is 0 Å². The maximum Gasteiger partial charge on any atom is 0.318 e. The number of ether oxygens (including phenoxy) is 1. The van der Waals surface area contributed by atoms with E-state index in [0.717, 1.165) is 38.6 Å². The highest BCUT2D eigenvalue weighted by Crippen LogP contribution is 2.43. The van der Waals surface area contributed by atoms with Gasteiger partial charge in [0.15, 0.2) is 0 Å². The third kappa shape index (κ3) is 4.80. The first kappa shape index (κ1) is 28.7. The van der Waals surface area contributed by atoms with E-state index in [9.17, 15) is 23.9 Å². The molecule has 5 heterocycles. The van der Waals surface area contributed by atoms with E-state index in [1.807, 2.05) is 11.8 Å². The van der Waals surface area contributed by atoms with Crippen molar-refractivity contribution in [3.05, 3.63) is 46.9 Å². The van der Waals surface area contributed by atoms with E-state index in [2.05, 4.69) is 11.0 Å². The molecule has 44 heavy (non-hydrogen) atoms. The first-order chi connectivity index (χ1) is 21.3. The molecule has 1 amide bonds. The highest BCUT2D eigenvalue weighted by atomic mass is 19.1. The molecule has 11 heteroatoms. The number of nitriles is 1.